The fraction of sp³-hybridized carbons (Fsp3) is 0.364. The first-order chi connectivity index (χ1) is 15.8. The van der Waals surface area contributed by atoms with Crippen LogP contribution in [0.4, 0.5) is 22.0 Å². The van der Waals surface area contributed by atoms with Gasteiger partial charge >= 0.3 is 6.18 Å². The van der Waals surface area contributed by atoms with Crippen LogP contribution < -0.4 is 0 Å². The van der Waals surface area contributed by atoms with Crippen LogP contribution in [0.5, 0.6) is 0 Å². The minimum absolute atomic E-state index is 0.0816. The van der Waals surface area contributed by atoms with E-state index in [9.17, 15) is 35.2 Å². The SMILES string of the molecule is CS(=O)(=O)c1ccc2c(c1)nc(C(F)(F)F)n2C1CCN(C(=O)Cc2cc(F)cc(F)c2)CC1. The summed E-state index contributed by atoms with van der Waals surface area (Å²) >= 11 is 0. The highest BCUT2D eigenvalue weighted by Gasteiger charge is 2.40. The van der Waals surface area contributed by atoms with E-state index >= 15 is 0 Å². The molecule has 1 saturated heterocycles. The van der Waals surface area contributed by atoms with E-state index in [4.69, 9.17) is 0 Å². The summed E-state index contributed by atoms with van der Waals surface area (Å²) in [6.07, 6.45) is -3.63. The largest absolute Gasteiger partial charge is 0.449 e. The monoisotopic (exact) mass is 501 g/mol. The Morgan fingerprint density at radius 1 is 1.06 bits per heavy atom. The lowest BCUT2D eigenvalue weighted by molar-refractivity contribution is -0.148. The fourth-order valence-electron chi connectivity index (χ4n) is 4.25. The second-order valence-electron chi connectivity index (χ2n) is 8.29. The molecule has 0 radical (unpaired) electrons. The Kier molecular flexibility index (Phi) is 6.13. The van der Waals surface area contributed by atoms with Gasteiger partial charge in [0.15, 0.2) is 9.84 Å². The summed E-state index contributed by atoms with van der Waals surface area (Å²) in [5.74, 6) is -3.11. The normalized spacial score (nSPS) is 15.8. The molecule has 12 heteroatoms. The number of rotatable bonds is 4. The Morgan fingerprint density at radius 2 is 1.68 bits per heavy atom. The van der Waals surface area contributed by atoms with Crippen LogP contribution in [-0.2, 0) is 27.2 Å². The first-order valence-corrected chi connectivity index (χ1v) is 12.2. The molecule has 3 aromatic rings. The Balaban J connectivity index is 1.57. The van der Waals surface area contributed by atoms with Gasteiger partial charge in [0.25, 0.3) is 0 Å². The van der Waals surface area contributed by atoms with Crippen molar-refractivity contribution in [3.63, 3.8) is 0 Å². The Hall–Kier alpha value is -3.02. The number of hydrogen-bond acceptors (Lipinski definition) is 4. The van der Waals surface area contributed by atoms with E-state index < -0.39 is 39.5 Å². The molecule has 1 amide bonds. The molecule has 0 N–H and O–H groups in total. The molecule has 1 aromatic heterocycles. The number of fused-ring (bicyclic) bond motifs is 1. The van der Waals surface area contributed by atoms with Crippen LogP contribution in [0.25, 0.3) is 11.0 Å². The number of aromatic nitrogens is 2. The van der Waals surface area contributed by atoms with E-state index in [-0.39, 0.29) is 59.8 Å². The van der Waals surface area contributed by atoms with Crippen molar-refractivity contribution in [1.82, 2.24) is 14.5 Å². The van der Waals surface area contributed by atoms with E-state index in [0.29, 0.717) is 6.07 Å². The zero-order chi connectivity index (χ0) is 24.8. The number of imidazole rings is 1. The fourth-order valence-corrected chi connectivity index (χ4v) is 4.89. The lowest BCUT2D eigenvalue weighted by Crippen LogP contribution is -2.40. The minimum Gasteiger partial charge on any atom is -0.342 e. The van der Waals surface area contributed by atoms with Crippen LogP contribution in [0.1, 0.15) is 30.3 Å². The first kappa shape index (κ1) is 24.1. The summed E-state index contributed by atoms with van der Waals surface area (Å²) < 4.78 is 92.7. The molecule has 2 aromatic carbocycles. The molecular formula is C22H20F5N3O3S. The van der Waals surface area contributed by atoms with Crippen LogP contribution >= 0.6 is 0 Å². The van der Waals surface area contributed by atoms with Crippen molar-refractivity contribution in [2.75, 3.05) is 19.3 Å². The molecule has 0 saturated carbocycles. The molecular weight excluding hydrogens is 481 g/mol. The minimum atomic E-state index is -4.77. The molecule has 0 spiro atoms. The molecule has 0 unspecified atom stereocenters. The highest BCUT2D eigenvalue weighted by Crippen LogP contribution is 2.37. The van der Waals surface area contributed by atoms with Crippen molar-refractivity contribution in [2.45, 2.75) is 36.4 Å². The number of likely N-dealkylation sites (tertiary alicyclic amines) is 1. The van der Waals surface area contributed by atoms with Gasteiger partial charge in [-0.1, -0.05) is 0 Å². The summed E-state index contributed by atoms with van der Waals surface area (Å²) in [5.41, 5.74) is 0.243. The lowest BCUT2D eigenvalue weighted by Gasteiger charge is -2.34. The van der Waals surface area contributed by atoms with Crippen molar-refractivity contribution >= 4 is 26.8 Å². The van der Waals surface area contributed by atoms with Gasteiger partial charge in [-0.15, -0.1) is 0 Å². The molecule has 4 rings (SSSR count). The molecule has 6 nitrogen and oxygen atoms in total. The first-order valence-electron chi connectivity index (χ1n) is 10.3. The van der Waals surface area contributed by atoms with Gasteiger partial charge in [-0.3, -0.25) is 4.79 Å². The van der Waals surface area contributed by atoms with Crippen LogP contribution in [0.3, 0.4) is 0 Å². The molecule has 1 fully saturated rings. The third-order valence-corrected chi connectivity index (χ3v) is 6.91. The van der Waals surface area contributed by atoms with Crippen molar-refractivity contribution in [3.05, 3.63) is 59.4 Å². The van der Waals surface area contributed by atoms with E-state index in [0.717, 1.165) is 29.0 Å². The average molecular weight is 501 g/mol. The Morgan fingerprint density at radius 3 is 2.24 bits per heavy atom. The van der Waals surface area contributed by atoms with E-state index in [1.807, 2.05) is 0 Å². The van der Waals surface area contributed by atoms with Crippen LogP contribution in [-0.4, -0.2) is 48.1 Å². The maximum atomic E-state index is 13.8. The molecule has 2 heterocycles. The third kappa shape index (κ3) is 4.91. The number of carbonyl (C=O) groups is 1. The maximum absolute atomic E-state index is 13.8. The van der Waals surface area contributed by atoms with E-state index in [1.54, 1.807) is 0 Å². The number of carbonyl (C=O) groups excluding carboxylic acids is 1. The van der Waals surface area contributed by atoms with E-state index in [2.05, 4.69) is 4.98 Å². The zero-order valence-corrected chi connectivity index (χ0v) is 18.8. The summed E-state index contributed by atoms with van der Waals surface area (Å²) in [7, 11) is -3.63. The second-order valence-corrected chi connectivity index (χ2v) is 10.3. The number of sulfone groups is 1. The van der Waals surface area contributed by atoms with Crippen LogP contribution in [0.2, 0.25) is 0 Å². The number of alkyl halides is 3. The summed E-state index contributed by atoms with van der Waals surface area (Å²) in [5, 5.41) is 0. The van der Waals surface area contributed by atoms with Gasteiger partial charge in [0.05, 0.1) is 22.3 Å². The molecule has 34 heavy (non-hydrogen) atoms. The Bertz CT molecular complexity index is 1340. The highest BCUT2D eigenvalue weighted by atomic mass is 32.2. The molecule has 0 aliphatic carbocycles. The number of halogens is 5. The van der Waals surface area contributed by atoms with Crippen LogP contribution in [0.15, 0.2) is 41.3 Å². The molecule has 1 aliphatic heterocycles. The second kappa shape index (κ2) is 8.64. The average Bonchev–Trinajstić information content (AvgIpc) is 3.12. The van der Waals surface area contributed by atoms with Crippen molar-refractivity contribution in [2.24, 2.45) is 0 Å². The third-order valence-electron chi connectivity index (χ3n) is 5.80. The number of hydrogen-bond donors (Lipinski definition) is 0. The smallest absolute Gasteiger partial charge is 0.342 e. The standard InChI is InChI=1S/C22H20F5N3O3S/c1-34(32,33)17-2-3-19-18(12-17)28-21(22(25,26)27)30(19)16-4-6-29(7-5-16)20(31)10-13-8-14(23)11-15(24)9-13/h2-3,8-9,11-12,16H,4-7,10H2,1H3. The summed E-state index contributed by atoms with van der Waals surface area (Å²) in [6.45, 7) is 0.305. The van der Waals surface area contributed by atoms with Gasteiger partial charge in [0.2, 0.25) is 11.7 Å². The molecule has 0 atom stereocenters. The van der Waals surface area contributed by atoms with Gasteiger partial charge in [-0.05, 0) is 48.7 Å². The van der Waals surface area contributed by atoms with Crippen LogP contribution in [0, 0.1) is 11.6 Å². The predicted octanol–water partition coefficient (Wildman–Crippen LogP) is 4.14. The highest BCUT2D eigenvalue weighted by molar-refractivity contribution is 7.90. The Labute approximate surface area is 191 Å². The maximum Gasteiger partial charge on any atom is 0.449 e. The zero-order valence-electron chi connectivity index (χ0n) is 17.9. The molecule has 0 bridgehead atoms. The molecule has 182 valence electrons. The molecule has 1 aliphatic rings. The van der Waals surface area contributed by atoms with Gasteiger partial charge in [0, 0.05) is 31.5 Å². The van der Waals surface area contributed by atoms with Crippen molar-refractivity contribution in [1.29, 1.82) is 0 Å². The quantitative estimate of drug-likeness (QED) is 0.504. The lowest BCUT2D eigenvalue weighted by atomic mass is 10.0. The van der Waals surface area contributed by atoms with Gasteiger partial charge < -0.3 is 9.47 Å². The summed E-state index contributed by atoms with van der Waals surface area (Å²) in [4.78, 5) is 17.6. The number of piperidine rings is 1. The number of nitrogens with zero attached hydrogens (tertiary/aromatic N) is 3. The van der Waals surface area contributed by atoms with Crippen molar-refractivity contribution in [3.8, 4) is 0 Å². The predicted molar refractivity (Wildman–Crippen MR) is 113 cm³/mol. The topological polar surface area (TPSA) is 72.3 Å². The van der Waals surface area contributed by atoms with Gasteiger partial charge in [-0.2, -0.15) is 13.2 Å². The number of amides is 1. The van der Waals surface area contributed by atoms with Gasteiger partial charge in [-0.25, -0.2) is 22.2 Å². The van der Waals surface area contributed by atoms with Crippen molar-refractivity contribution < 1.29 is 35.2 Å². The van der Waals surface area contributed by atoms with E-state index in [1.165, 1.54) is 17.0 Å². The number of benzene rings is 2. The summed E-state index contributed by atoms with van der Waals surface area (Å²) in [6, 6.07) is 5.87. The van der Waals surface area contributed by atoms with Gasteiger partial charge in [0.1, 0.15) is 11.6 Å².